The molecular weight excluding hydrogens is 252 g/mol. The number of imidazole rings is 1. The number of ether oxygens (including phenoxy) is 1. The number of aromatic nitrogens is 2. The van der Waals surface area contributed by atoms with Gasteiger partial charge in [0.05, 0.1) is 37.6 Å². The van der Waals surface area contributed by atoms with Gasteiger partial charge in [0, 0.05) is 5.56 Å². The minimum Gasteiger partial charge on any atom is -0.496 e. The molecule has 0 aliphatic carbocycles. The van der Waals surface area contributed by atoms with Crippen molar-refractivity contribution in [2.45, 2.75) is 13.2 Å². The Kier molecular flexibility index (Phi) is 3.39. The molecular formula is C16H16N2O2. The zero-order chi connectivity index (χ0) is 13.9. The van der Waals surface area contributed by atoms with Crippen LogP contribution in [0.1, 0.15) is 11.1 Å². The van der Waals surface area contributed by atoms with Crippen molar-refractivity contribution in [3.05, 3.63) is 59.9 Å². The number of hydrogen-bond donors (Lipinski definition) is 1. The fraction of sp³-hybridized carbons (Fsp3) is 0.188. The summed E-state index contributed by atoms with van der Waals surface area (Å²) in [6, 6.07) is 13.7. The summed E-state index contributed by atoms with van der Waals surface area (Å²) in [5, 5.41) is 9.26. The monoisotopic (exact) mass is 268 g/mol. The van der Waals surface area contributed by atoms with Crippen molar-refractivity contribution in [3.8, 4) is 5.75 Å². The standard InChI is InChI=1S/C16H16N2O2/c1-20-16-7-6-12(10-19)8-13(16)9-18-11-17-14-4-2-3-5-15(14)18/h2-8,11,19H,9-10H2,1H3. The van der Waals surface area contributed by atoms with Crippen LogP contribution in [0.3, 0.4) is 0 Å². The fourth-order valence-electron chi connectivity index (χ4n) is 2.37. The van der Waals surface area contributed by atoms with Gasteiger partial charge in [0.1, 0.15) is 5.75 Å². The molecule has 3 aromatic rings. The normalized spacial score (nSPS) is 10.9. The van der Waals surface area contributed by atoms with Crippen LogP contribution in [-0.4, -0.2) is 21.8 Å². The van der Waals surface area contributed by atoms with Gasteiger partial charge in [-0.05, 0) is 29.8 Å². The third kappa shape index (κ3) is 2.26. The molecule has 0 saturated carbocycles. The van der Waals surface area contributed by atoms with Crippen molar-refractivity contribution in [2.24, 2.45) is 0 Å². The minimum absolute atomic E-state index is 0.0294. The Bertz CT molecular complexity index is 734. The summed E-state index contributed by atoms with van der Waals surface area (Å²) in [6.07, 6.45) is 1.83. The number of hydrogen-bond acceptors (Lipinski definition) is 3. The first-order valence-electron chi connectivity index (χ1n) is 6.48. The Labute approximate surface area is 117 Å². The molecule has 2 aromatic carbocycles. The van der Waals surface area contributed by atoms with Crippen LogP contribution in [0.5, 0.6) is 5.75 Å². The lowest BCUT2D eigenvalue weighted by Gasteiger charge is -2.11. The molecule has 102 valence electrons. The molecule has 1 heterocycles. The Morgan fingerprint density at radius 2 is 2.05 bits per heavy atom. The van der Waals surface area contributed by atoms with E-state index in [4.69, 9.17) is 4.74 Å². The van der Waals surface area contributed by atoms with E-state index in [9.17, 15) is 5.11 Å². The highest BCUT2D eigenvalue weighted by molar-refractivity contribution is 5.75. The number of aliphatic hydroxyl groups excluding tert-OH is 1. The van der Waals surface area contributed by atoms with E-state index in [-0.39, 0.29) is 6.61 Å². The van der Waals surface area contributed by atoms with Crippen LogP contribution < -0.4 is 4.74 Å². The highest BCUT2D eigenvalue weighted by Gasteiger charge is 2.08. The Morgan fingerprint density at radius 3 is 2.85 bits per heavy atom. The first-order chi connectivity index (χ1) is 9.81. The summed E-state index contributed by atoms with van der Waals surface area (Å²) in [5.41, 5.74) is 3.97. The van der Waals surface area contributed by atoms with E-state index in [0.717, 1.165) is 27.9 Å². The first kappa shape index (κ1) is 12.7. The third-order valence-electron chi connectivity index (χ3n) is 3.40. The van der Waals surface area contributed by atoms with E-state index in [1.54, 1.807) is 7.11 Å². The van der Waals surface area contributed by atoms with Gasteiger partial charge < -0.3 is 14.4 Å². The number of fused-ring (bicyclic) bond motifs is 1. The average Bonchev–Trinajstić information content (AvgIpc) is 2.90. The van der Waals surface area contributed by atoms with Gasteiger partial charge in [-0.1, -0.05) is 18.2 Å². The summed E-state index contributed by atoms with van der Waals surface area (Å²) in [5.74, 6) is 0.819. The van der Waals surface area contributed by atoms with E-state index >= 15 is 0 Å². The van der Waals surface area contributed by atoms with Gasteiger partial charge in [-0.15, -0.1) is 0 Å². The van der Waals surface area contributed by atoms with E-state index < -0.39 is 0 Å². The van der Waals surface area contributed by atoms with Gasteiger partial charge in [0.25, 0.3) is 0 Å². The molecule has 0 spiro atoms. The molecule has 0 radical (unpaired) electrons. The lowest BCUT2D eigenvalue weighted by molar-refractivity contribution is 0.281. The molecule has 4 nitrogen and oxygen atoms in total. The number of rotatable bonds is 4. The van der Waals surface area contributed by atoms with Crippen LogP contribution in [-0.2, 0) is 13.2 Å². The van der Waals surface area contributed by atoms with Crippen LogP contribution >= 0.6 is 0 Å². The van der Waals surface area contributed by atoms with Gasteiger partial charge in [-0.25, -0.2) is 4.98 Å². The highest BCUT2D eigenvalue weighted by atomic mass is 16.5. The van der Waals surface area contributed by atoms with Crippen LogP contribution in [0, 0.1) is 0 Å². The predicted molar refractivity (Wildman–Crippen MR) is 77.8 cm³/mol. The van der Waals surface area contributed by atoms with E-state index in [0.29, 0.717) is 6.54 Å². The third-order valence-corrected chi connectivity index (χ3v) is 3.40. The largest absolute Gasteiger partial charge is 0.496 e. The number of benzene rings is 2. The Morgan fingerprint density at radius 1 is 1.20 bits per heavy atom. The van der Waals surface area contributed by atoms with E-state index in [2.05, 4.69) is 9.55 Å². The maximum atomic E-state index is 9.26. The molecule has 4 heteroatoms. The summed E-state index contributed by atoms with van der Waals surface area (Å²) >= 11 is 0. The molecule has 0 bridgehead atoms. The predicted octanol–water partition coefficient (Wildman–Crippen LogP) is 2.59. The summed E-state index contributed by atoms with van der Waals surface area (Å²) in [7, 11) is 1.66. The molecule has 0 atom stereocenters. The van der Waals surface area contributed by atoms with Crippen molar-refractivity contribution in [3.63, 3.8) is 0 Å². The molecule has 0 aliphatic rings. The maximum absolute atomic E-state index is 9.26. The van der Waals surface area contributed by atoms with Crippen molar-refractivity contribution in [1.29, 1.82) is 0 Å². The van der Waals surface area contributed by atoms with E-state index in [1.165, 1.54) is 0 Å². The minimum atomic E-state index is 0.0294. The van der Waals surface area contributed by atoms with Crippen LogP contribution in [0.25, 0.3) is 11.0 Å². The summed E-state index contributed by atoms with van der Waals surface area (Å²) in [4.78, 5) is 4.39. The summed E-state index contributed by atoms with van der Waals surface area (Å²) < 4.78 is 7.47. The van der Waals surface area contributed by atoms with Gasteiger partial charge in [0.15, 0.2) is 0 Å². The van der Waals surface area contributed by atoms with Crippen LogP contribution in [0.15, 0.2) is 48.8 Å². The Balaban J connectivity index is 2.01. The number of methoxy groups -OCH3 is 1. The Hall–Kier alpha value is -2.33. The molecule has 1 aromatic heterocycles. The number of aliphatic hydroxyl groups is 1. The zero-order valence-corrected chi connectivity index (χ0v) is 11.3. The number of nitrogens with zero attached hydrogens (tertiary/aromatic N) is 2. The second-order valence-corrected chi connectivity index (χ2v) is 4.67. The quantitative estimate of drug-likeness (QED) is 0.791. The van der Waals surface area contributed by atoms with E-state index in [1.807, 2.05) is 48.8 Å². The molecule has 0 aliphatic heterocycles. The first-order valence-corrected chi connectivity index (χ1v) is 6.48. The molecule has 0 amide bonds. The summed E-state index contributed by atoms with van der Waals surface area (Å²) in [6.45, 7) is 0.694. The smallest absolute Gasteiger partial charge is 0.123 e. The molecule has 0 unspecified atom stereocenters. The SMILES string of the molecule is COc1ccc(CO)cc1Cn1cnc2ccccc21. The van der Waals surface area contributed by atoms with Crippen LogP contribution in [0.2, 0.25) is 0 Å². The highest BCUT2D eigenvalue weighted by Crippen LogP contribution is 2.23. The van der Waals surface area contributed by atoms with Gasteiger partial charge >= 0.3 is 0 Å². The molecule has 0 saturated heterocycles. The number of para-hydroxylation sites is 2. The molecule has 20 heavy (non-hydrogen) atoms. The second kappa shape index (κ2) is 5.35. The second-order valence-electron chi connectivity index (χ2n) is 4.67. The maximum Gasteiger partial charge on any atom is 0.123 e. The fourth-order valence-corrected chi connectivity index (χ4v) is 2.37. The molecule has 0 fully saturated rings. The van der Waals surface area contributed by atoms with Crippen molar-refractivity contribution in [1.82, 2.24) is 9.55 Å². The van der Waals surface area contributed by atoms with Crippen molar-refractivity contribution in [2.75, 3.05) is 7.11 Å². The van der Waals surface area contributed by atoms with Gasteiger partial charge in [-0.2, -0.15) is 0 Å². The zero-order valence-electron chi connectivity index (χ0n) is 11.3. The van der Waals surface area contributed by atoms with Crippen LogP contribution in [0.4, 0.5) is 0 Å². The molecule has 3 rings (SSSR count). The topological polar surface area (TPSA) is 47.3 Å². The van der Waals surface area contributed by atoms with Crippen molar-refractivity contribution >= 4 is 11.0 Å². The van der Waals surface area contributed by atoms with Gasteiger partial charge in [-0.3, -0.25) is 0 Å². The molecule has 1 N–H and O–H groups in total. The lowest BCUT2D eigenvalue weighted by Crippen LogP contribution is -2.01. The van der Waals surface area contributed by atoms with Gasteiger partial charge in [0.2, 0.25) is 0 Å². The van der Waals surface area contributed by atoms with Crippen molar-refractivity contribution < 1.29 is 9.84 Å². The lowest BCUT2D eigenvalue weighted by atomic mass is 10.1. The average molecular weight is 268 g/mol.